The summed E-state index contributed by atoms with van der Waals surface area (Å²) in [5.74, 6) is 6.25. The van der Waals surface area contributed by atoms with Gasteiger partial charge in [-0.2, -0.15) is 0 Å². The Morgan fingerprint density at radius 1 is 1.46 bits per heavy atom. The van der Waals surface area contributed by atoms with Crippen LogP contribution in [0, 0.1) is 0 Å². The second kappa shape index (κ2) is 3.85. The molecule has 1 aromatic rings. The topological polar surface area (TPSA) is 64.5 Å². The number of nitrogens with two attached hydrogens (primary N) is 2. The minimum absolute atomic E-state index is 0.580. The maximum absolute atomic E-state index is 5.77. The first-order valence-corrected chi connectivity index (χ1v) is 4.47. The Morgan fingerprint density at radius 2 is 2.08 bits per heavy atom. The van der Waals surface area contributed by atoms with Crippen molar-refractivity contribution >= 4 is 27.3 Å². The van der Waals surface area contributed by atoms with Crippen molar-refractivity contribution in [3.63, 3.8) is 0 Å². The molecule has 0 radical (unpaired) electrons. The normalized spacial score (nSPS) is 9.85. The van der Waals surface area contributed by atoms with Gasteiger partial charge >= 0.3 is 0 Å². The summed E-state index contributed by atoms with van der Waals surface area (Å²) < 4.78 is 6.00. The number of nitrogen functional groups attached to an aromatic ring is 1. The summed E-state index contributed by atoms with van der Waals surface area (Å²) in [5, 5.41) is 1.43. The van der Waals surface area contributed by atoms with Gasteiger partial charge in [-0.3, -0.25) is 0 Å². The lowest BCUT2D eigenvalue weighted by Gasteiger charge is -2.18. The van der Waals surface area contributed by atoms with Gasteiger partial charge in [-0.05, 0) is 12.1 Å². The number of nitrogens with zero attached hydrogens (tertiary/aromatic N) is 1. The van der Waals surface area contributed by atoms with Crippen molar-refractivity contribution in [2.75, 3.05) is 24.9 Å². The Bertz CT molecular complexity index is 315. The second-order valence-corrected chi connectivity index (χ2v) is 3.57. The number of hydrogen-bond donors (Lipinski definition) is 2. The third-order valence-corrected chi connectivity index (χ3v) is 2.10. The molecule has 4 N–H and O–H groups in total. The largest absolute Gasteiger partial charge is 0.494 e. The molecule has 0 aliphatic carbocycles. The molecule has 0 amide bonds. The van der Waals surface area contributed by atoms with E-state index in [1.165, 1.54) is 5.01 Å². The Balaban J connectivity index is 3.30. The van der Waals surface area contributed by atoms with Crippen molar-refractivity contribution in [2.45, 2.75) is 0 Å². The van der Waals surface area contributed by atoms with E-state index >= 15 is 0 Å². The smallest absolute Gasteiger partial charge is 0.146 e. The van der Waals surface area contributed by atoms with Crippen molar-refractivity contribution in [3.05, 3.63) is 16.6 Å². The molecule has 72 valence electrons. The molecule has 0 saturated heterocycles. The van der Waals surface area contributed by atoms with Crippen LogP contribution in [0.25, 0.3) is 0 Å². The molecule has 1 aromatic carbocycles. The van der Waals surface area contributed by atoms with Crippen molar-refractivity contribution < 1.29 is 4.74 Å². The number of halogens is 1. The van der Waals surface area contributed by atoms with Gasteiger partial charge in [0.05, 0.1) is 12.8 Å². The van der Waals surface area contributed by atoms with Crippen LogP contribution in [0.1, 0.15) is 0 Å². The van der Waals surface area contributed by atoms with Crippen molar-refractivity contribution in [1.82, 2.24) is 0 Å². The molecular formula is C8H12BrN3O. The van der Waals surface area contributed by atoms with E-state index in [1.54, 1.807) is 20.2 Å². The predicted octanol–water partition coefficient (Wildman–Crippen LogP) is 1.35. The van der Waals surface area contributed by atoms with E-state index in [0.29, 0.717) is 17.1 Å². The van der Waals surface area contributed by atoms with Crippen molar-refractivity contribution in [2.24, 2.45) is 5.84 Å². The van der Waals surface area contributed by atoms with Gasteiger partial charge in [0.15, 0.2) is 0 Å². The number of benzene rings is 1. The minimum Gasteiger partial charge on any atom is -0.494 e. The van der Waals surface area contributed by atoms with Crippen LogP contribution >= 0.6 is 15.9 Å². The zero-order valence-electron chi connectivity index (χ0n) is 7.54. The molecule has 0 atom stereocenters. The van der Waals surface area contributed by atoms with Gasteiger partial charge in [-0.25, -0.2) is 5.84 Å². The second-order valence-electron chi connectivity index (χ2n) is 2.66. The molecule has 0 aliphatic heterocycles. The summed E-state index contributed by atoms with van der Waals surface area (Å²) in [6.07, 6.45) is 0. The molecular weight excluding hydrogens is 234 g/mol. The lowest BCUT2D eigenvalue weighted by atomic mass is 10.2. The summed E-state index contributed by atoms with van der Waals surface area (Å²) in [7, 11) is 3.29. The van der Waals surface area contributed by atoms with Gasteiger partial charge in [-0.1, -0.05) is 15.9 Å². The molecule has 0 bridgehead atoms. The Labute approximate surface area is 85.6 Å². The van der Waals surface area contributed by atoms with Gasteiger partial charge in [0.2, 0.25) is 0 Å². The number of hydrazine groups is 1. The predicted molar refractivity (Wildman–Crippen MR) is 57.7 cm³/mol. The molecule has 0 fully saturated rings. The molecule has 0 unspecified atom stereocenters. The Hall–Kier alpha value is -0.940. The molecule has 0 spiro atoms. The highest BCUT2D eigenvalue weighted by Gasteiger charge is 2.10. The zero-order chi connectivity index (χ0) is 10.0. The summed E-state index contributed by atoms with van der Waals surface area (Å²) >= 11 is 3.32. The van der Waals surface area contributed by atoms with Gasteiger partial charge in [-0.15, -0.1) is 0 Å². The molecule has 5 heteroatoms. The van der Waals surface area contributed by atoms with Crippen LogP contribution in [-0.4, -0.2) is 14.2 Å². The maximum Gasteiger partial charge on any atom is 0.146 e. The van der Waals surface area contributed by atoms with Gasteiger partial charge in [0.25, 0.3) is 0 Å². The number of rotatable bonds is 2. The standard InChI is InChI=1S/C8H12BrN3O/c1-12(11)8-6(10)3-5(9)4-7(8)13-2/h3-4H,10-11H2,1-2H3. The molecule has 4 nitrogen and oxygen atoms in total. The quantitative estimate of drug-likeness (QED) is 0.469. The third kappa shape index (κ3) is 2.05. The van der Waals surface area contributed by atoms with E-state index in [2.05, 4.69) is 15.9 Å². The fraction of sp³-hybridized carbons (Fsp3) is 0.250. The van der Waals surface area contributed by atoms with Crippen molar-refractivity contribution in [1.29, 1.82) is 0 Å². The average molecular weight is 246 g/mol. The number of hydrogen-bond acceptors (Lipinski definition) is 4. The fourth-order valence-electron chi connectivity index (χ4n) is 1.13. The Kier molecular flexibility index (Phi) is 3.00. The molecule has 13 heavy (non-hydrogen) atoms. The summed E-state index contributed by atoms with van der Waals surface area (Å²) in [6.45, 7) is 0. The maximum atomic E-state index is 5.77. The van der Waals surface area contributed by atoms with Gasteiger partial charge in [0.1, 0.15) is 11.4 Å². The van der Waals surface area contributed by atoms with Crippen molar-refractivity contribution in [3.8, 4) is 5.75 Å². The third-order valence-electron chi connectivity index (χ3n) is 1.64. The highest BCUT2D eigenvalue weighted by atomic mass is 79.9. The molecule has 0 aromatic heterocycles. The number of methoxy groups -OCH3 is 1. The first-order valence-electron chi connectivity index (χ1n) is 3.67. The van der Waals surface area contributed by atoms with Crippen LogP contribution in [0.2, 0.25) is 0 Å². The van der Waals surface area contributed by atoms with E-state index in [-0.39, 0.29) is 0 Å². The van der Waals surface area contributed by atoms with Crippen LogP contribution in [0.4, 0.5) is 11.4 Å². The van der Waals surface area contributed by atoms with Gasteiger partial charge in [0, 0.05) is 11.5 Å². The molecule has 0 heterocycles. The van der Waals surface area contributed by atoms with Crippen LogP contribution < -0.4 is 21.3 Å². The van der Waals surface area contributed by atoms with Crippen LogP contribution in [0.3, 0.4) is 0 Å². The minimum atomic E-state index is 0.580. The highest BCUT2D eigenvalue weighted by Crippen LogP contribution is 2.35. The monoisotopic (exact) mass is 245 g/mol. The lowest BCUT2D eigenvalue weighted by molar-refractivity contribution is 0.415. The number of anilines is 2. The molecule has 1 rings (SSSR count). The van der Waals surface area contributed by atoms with Crippen LogP contribution in [0.15, 0.2) is 16.6 Å². The SMILES string of the molecule is COc1cc(Br)cc(N)c1N(C)N. The first-order chi connectivity index (χ1) is 6.06. The molecule has 0 aliphatic rings. The fourth-order valence-corrected chi connectivity index (χ4v) is 1.58. The van der Waals surface area contributed by atoms with E-state index < -0.39 is 0 Å². The summed E-state index contributed by atoms with van der Waals surface area (Å²) in [4.78, 5) is 0. The zero-order valence-corrected chi connectivity index (χ0v) is 9.13. The van der Waals surface area contributed by atoms with Crippen LogP contribution in [-0.2, 0) is 0 Å². The Morgan fingerprint density at radius 3 is 2.54 bits per heavy atom. The lowest BCUT2D eigenvalue weighted by Crippen LogP contribution is -2.26. The first kappa shape index (κ1) is 10.1. The van der Waals surface area contributed by atoms with Crippen LogP contribution in [0.5, 0.6) is 5.75 Å². The van der Waals surface area contributed by atoms with E-state index in [0.717, 1.165) is 4.47 Å². The highest BCUT2D eigenvalue weighted by molar-refractivity contribution is 9.10. The molecule has 0 saturated carbocycles. The van der Waals surface area contributed by atoms with Gasteiger partial charge < -0.3 is 15.5 Å². The number of ether oxygens (including phenoxy) is 1. The van der Waals surface area contributed by atoms with E-state index in [4.69, 9.17) is 16.3 Å². The van der Waals surface area contributed by atoms with E-state index in [9.17, 15) is 0 Å². The average Bonchev–Trinajstić information content (AvgIpc) is 2.01. The summed E-state index contributed by atoms with van der Waals surface area (Å²) in [5.41, 5.74) is 7.03. The van der Waals surface area contributed by atoms with E-state index in [1.807, 2.05) is 6.07 Å². The summed E-state index contributed by atoms with van der Waals surface area (Å²) in [6, 6.07) is 3.59.